The second-order valence-electron chi connectivity index (χ2n) is 10.6. The molecule has 4 aromatic rings. The van der Waals surface area contributed by atoms with Gasteiger partial charge >= 0.3 is 0 Å². The largest absolute Gasteiger partial charge is 0.368 e. The molecule has 0 N–H and O–H groups in total. The van der Waals surface area contributed by atoms with Crippen molar-refractivity contribution >= 4 is 28.3 Å². The first-order valence-corrected chi connectivity index (χ1v) is 13.0. The molecule has 1 spiro atoms. The third-order valence-electron chi connectivity index (χ3n) is 8.10. The lowest BCUT2D eigenvalue weighted by molar-refractivity contribution is -0.136. The number of hydrogen-bond acceptors (Lipinski definition) is 6. The summed E-state index contributed by atoms with van der Waals surface area (Å²) in [5.74, 6) is -0.285. The van der Waals surface area contributed by atoms with E-state index in [2.05, 4.69) is 22.6 Å². The quantitative estimate of drug-likeness (QED) is 0.290. The molecule has 6 rings (SSSR count). The third kappa shape index (κ3) is 3.89. The summed E-state index contributed by atoms with van der Waals surface area (Å²) in [5.41, 5.74) is 4.99. The number of ketones is 1. The van der Waals surface area contributed by atoms with E-state index in [-0.39, 0.29) is 22.8 Å². The highest BCUT2D eigenvalue weighted by atomic mass is 16.2. The zero-order valence-electron chi connectivity index (χ0n) is 22.0. The minimum Gasteiger partial charge on any atom is -0.368 e. The highest BCUT2D eigenvalue weighted by Gasteiger charge is 2.49. The Hall–Kier alpha value is -4.77. The van der Waals surface area contributed by atoms with Crippen molar-refractivity contribution in [2.75, 3.05) is 31.1 Å². The van der Waals surface area contributed by atoms with Crippen molar-refractivity contribution in [3.63, 3.8) is 0 Å². The molecule has 1 amide bonds. The smallest absolute Gasteiger partial charge is 0.245 e. The average molecular weight is 517 g/mol. The first kappa shape index (κ1) is 24.6. The lowest BCUT2D eigenvalue weighted by Gasteiger charge is -2.47. The molecule has 2 fully saturated rings. The van der Waals surface area contributed by atoms with Crippen LogP contribution in [-0.2, 0) is 11.8 Å². The molecule has 0 bridgehead atoms. The number of carbonyl (C=O) groups is 2. The Morgan fingerprint density at radius 2 is 1.85 bits per heavy atom. The first-order chi connectivity index (χ1) is 18.9. The van der Waals surface area contributed by atoms with Crippen molar-refractivity contribution in [3.8, 4) is 17.2 Å². The summed E-state index contributed by atoms with van der Waals surface area (Å²) >= 11 is 0. The topological polar surface area (TPSA) is 95.1 Å². The molecule has 0 atom stereocenters. The number of nitriles is 1. The van der Waals surface area contributed by atoms with Crippen molar-refractivity contribution in [2.24, 2.45) is 12.5 Å². The van der Waals surface area contributed by atoms with Gasteiger partial charge in [0.05, 0.1) is 29.2 Å². The first-order valence-electron chi connectivity index (χ1n) is 13.0. The number of aromatic nitrogens is 3. The van der Waals surface area contributed by atoms with E-state index >= 15 is 0 Å². The van der Waals surface area contributed by atoms with E-state index < -0.39 is 0 Å². The van der Waals surface area contributed by atoms with Gasteiger partial charge in [0.1, 0.15) is 11.8 Å². The van der Waals surface area contributed by atoms with Crippen LogP contribution in [0.1, 0.15) is 33.6 Å². The maximum atomic E-state index is 13.8. The van der Waals surface area contributed by atoms with Gasteiger partial charge in [0.2, 0.25) is 11.7 Å². The summed E-state index contributed by atoms with van der Waals surface area (Å²) in [6.45, 7) is 8.39. The van der Waals surface area contributed by atoms with Crippen LogP contribution < -0.4 is 4.90 Å². The summed E-state index contributed by atoms with van der Waals surface area (Å²) in [7, 11) is 1.87. The van der Waals surface area contributed by atoms with Crippen molar-refractivity contribution < 1.29 is 9.59 Å². The van der Waals surface area contributed by atoms with Crippen molar-refractivity contribution in [3.05, 3.63) is 89.9 Å². The second-order valence-corrected chi connectivity index (χ2v) is 10.6. The summed E-state index contributed by atoms with van der Waals surface area (Å²) in [6, 6.07) is 15.5. The molecular formula is C31H28N6O2. The van der Waals surface area contributed by atoms with Gasteiger partial charge in [0.15, 0.2) is 0 Å². The Morgan fingerprint density at radius 3 is 2.56 bits per heavy atom. The van der Waals surface area contributed by atoms with Gasteiger partial charge in [-0.15, -0.1) is 0 Å². The number of fused-ring (bicyclic) bond motifs is 1. The van der Waals surface area contributed by atoms with Crippen molar-refractivity contribution in [1.29, 1.82) is 5.26 Å². The average Bonchev–Trinajstić information content (AvgIpc) is 3.56. The molecule has 2 aliphatic rings. The van der Waals surface area contributed by atoms with Crippen molar-refractivity contribution in [2.45, 2.75) is 13.3 Å². The highest BCUT2D eigenvalue weighted by Crippen LogP contribution is 2.44. The molecule has 0 aliphatic carbocycles. The van der Waals surface area contributed by atoms with Gasteiger partial charge in [-0.1, -0.05) is 49.0 Å². The fourth-order valence-corrected chi connectivity index (χ4v) is 6.13. The molecule has 2 saturated heterocycles. The van der Waals surface area contributed by atoms with E-state index in [1.807, 2.05) is 44.3 Å². The predicted octanol–water partition coefficient (Wildman–Crippen LogP) is 4.27. The molecule has 0 unspecified atom stereocenters. The number of hydrogen-bond donors (Lipinski definition) is 0. The molecule has 2 aromatic heterocycles. The van der Waals surface area contributed by atoms with Crippen LogP contribution in [0.5, 0.6) is 0 Å². The monoisotopic (exact) mass is 516 g/mol. The number of anilines is 1. The molecule has 0 radical (unpaired) electrons. The van der Waals surface area contributed by atoms with Gasteiger partial charge in [-0.25, -0.2) is 4.98 Å². The number of carbonyl (C=O) groups excluding carboxylic acids is 2. The van der Waals surface area contributed by atoms with Gasteiger partial charge in [-0.3, -0.25) is 14.3 Å². The number of aryl methyl sites for hydroxylation is 2. The predicted molar refractivity (Wildman–Crippen MR) is 149 cm³/mol. The summed E-state index contributed by atoms with van der Waals surface area (Å²) in [5, 5.41) is 16.0. The second kappa shape index (κ2) is 9.21. The molecule has 2 aliphatic heterocycles. The van der Waals surface area contributed by atoms with Crippen LogP contribution in [-0.4, -0.2) is 57.5 Å². The van der Waals surface area contributed by atoms with Crippen LogP contribution in [0.4, 0.5) is 5.69 Å². The molecule has 39 heavy (non-hydrogen) atoms. The number of rotatable bonds is 5. The summed E-state index contributed by atoms with van der Waals surface area (Å²) < 4.78 is 1.78. The minimum absolute atomic E-state index is 0.0118. The Labute approximate surface area is 226 Å². The number of nitrogens with zero attached hydrogens (tertiary/aromatic N) is 6. The van der Waals surface area contributed by atoms with Crippen LogP contribution in [0, 0.1) is 23.7 Å². The zero-order valence-corrected chi connectivity index (χ0v) is 22.0. The minimum atomic E-state index is -0.234. The Balaban J connectivity index is 1.52. The fourth-order valence-electron chi connectivity index (χ4n) is 6.13. The van der Waals surface area contributed by atoms with E-state index in [1.165, 1.54) is 6.08 Å². The normalized spacial score (nSPS) is 15.8. The van der Waals surface area contributed by atoms with E-state index in [4.69, 9.17) is 4.98 Å². The third-order valence-corrected chi connectivity index (χ3v) is 8.10. The van der Waals surface area contributed by atoms with E-state index in [0.717, 1.165) is 35.0 Å². The lowest BCUT2D eigenvalue weighted by atomic mass is 9.79. The number of benzene rings is 2. The Morgan fingerprint density at radius 1 is 1.08 bits per heavy atom. The molecule has 4 heterocycles. The SMILES string of the molecule is C=CC(=O)N1CC2(CCN(c3cnc(C(=O)c4ccccc4)c(-c4c(C)ccc5cnn(C)c45)c3C#N)C2)C1. The van der Waals surface area contributed by atoms with Crippen LogP contribution in [0.15, 0.2) is 67.5 Å². The number of pyridine rings is 1. The summed E-state index contributed by atoms with van der Waals surface area (Å²) in [6.07, 6.45) is 5.72. The van der Waals surface area contributed by atoms with E-state index in [0.29, 0.717) is 42.0 Å². The van der Waals surface area contributed by atoms with Crippen LogP contribution in [0.2, 0.25) is 0 Å². The molecule has 8 heteroatoms. The molecule has 194 valence electrons. The van der Waals surface area contributed by atoms with Gasteiger partial charge in [-0.2, -0.15) is 10.4 Å². The Kier molecular flexibility index (Phi) is 5.80. The van der Waals surface area contributed by atoms with Crippen LogP contribution >= 0.6 is 0 Å². The molecule has 0 saturated carbocycles. The number of amides is 1. The lowest BCUT2D eigenvalue weighted by Crippen LogP contribution is -2.59. The molecular weight excluding hydrogens is 488 g/mol. The Bertz CT molecular complexity index is 1690. The van der Waals surface area contributed by atoms with Crippen molar-refractivity contribution in [1.82, 2.24) is 19.7 Å². The highest BCUT2D eigenvalue weighted by molar-refractivity contribution is 6.14. The maximum absolute atomic E-state index is 13.8. The van der Waals surface area contributed by atoms with Gasteiger partial charge < -0.3 is 9.80 Å². The number of likely N-dealkylation sites (tertiary alicyclic amines) is 1. The van der Waals surface area contributed by atoms with Gasteiger partial charge in [0, 0.05) is 60.7 Å². The zero-order chi connectivity index (χ0) is 27.3. The fraction of sp³-hybridized carbons (Fsp3) is 0.258. The van der Waals surface area contributed by atoms with Crippen LogP contribution in [0.3, 0.4) is 0 Å². The van der Waals surface area contributed by atoms with Gasteiger partial charge in [-0.05, 0) is 25.0 Å². The standard InChI is InChI=1S/C31H28N6O2/c1-4-25(38)37-18-31(19-37)12-13-36(17-31)24-16-33-28(30(39)21-8-6-5-7-9-21)27(23(24)14-32)26-20(2)10-11-22-15-34-35(3)29(22)26/h4-11,15-16H,1,12-13,17-19H2,2-3H3. The molecule has 8 nitrogen and oxygen atoms in total. The van der Waals surface area contributed by atoms with Gasteiger partial charge in [0.25, 0.3) is 0 Å². The van der Waals surface area contributed by atoms with E-state index in [1.54, 1.807) is 34.1 Å². The maximum Gasteiger partial charge on any atom is 0.245 e. The van der Waals surface area contributed by atoms with E-state index in [9.17, 15) is 14.9 Å². The summed E-state index contributed by atoms with van der Waals surface area (Å²) in [4.78, 5) is 34.6. The molecule has 2 aromatic carbocycles. The van der Waals surface area contributed by atoms with Crippen LogP contribution in [0.25, 0.3) is 22.0 Å².